The van der Waals surface area contributed by atoms with Gasteiger partial charge < -0.3 is 10.2 Å². The molecule has 4 heteroatoms. The zero-order chi connectivity index (χ0) is 10.1. The van der Waals surface area contributed by atoms with Crippen molar-refractivity contribution in [3.63, 3.8) is 0 Å². The van der Waals surface area contributed by atoms with Crippen molar-refractivity contribution in [2.24, 2.45) is 0 Å². The molecule has 2 atom stereocenters. The van der Waals surface area contributed by atoms with Crippen molar-refractivity contribution in [3.05, 3.63) is 0 Å². The number of hydrogen-bond acceptors (Lipinski definition) is 2. The summed E-state index contributed by atoms with van der Waals surface area (Å²) in [7, 11) is 3.58. The van der Waals surface area contributed by atoms with Gasteiger partial charge in [-0.25, -0.2) is 4.79 Å². The summed E-state index contributed by atoms with van der Waals surface area (Å²) in [5.74, 6) is 0. The standard InChI is InChI=1S/C10H19N3O/c1-12(2)10(14)11-8-5-7-13-6-3-4-9(8)13/h8-9H,3-7H2,1-2H3,(H,11,14). The topological polar surface area (TPSA) is 35.6 Å². The van der Waals surface area contributed by atoms with E-state index in [1.807, 2.05) is 0 Å². The molecule has 2 unspecified atom stereocenters. The molecule has 0 radical (unpaired) electrons. The van der Waals surface area contributed by atoms with Gasteiger partial charge in [0.1, 0.15) is 0 Å². The molecule has 80 valence electrons. The molecule has 0 aromatic rings. The van der Waals surface area contributed by atoms with Crippen molar-refractivity contribution in [1.29, 1.82) is 0 Å². The lowest BCUT2D eigenvalue weighted by Gasteiger charge is -2.23. The maximum absolute atomic E-state index is 11.5. The van der Waals surface area contributed by atoms with Crippen LogP contribution in [0.1, 0.15) is 19.3 Å². The summed E-state index contributed by atoms with van der Waals surface area (Å²) in [5, 5.41) is 3.10. The van der Waals surface area contributed by atoms with Crippen LogP contribution in [0.2, 0.25) is 0 Å². The van der Waals surface area contributed by atoms with E-state index in [0.717, 1.165) is 13.0 Å². The Balaban J connectivity index is 1.90. The van der Waals surface area contributed by atoms with E-state index in [1.165, 1.54) is 19.4 Å². The number of hydrogen-bond donors (Lipinski definition) is 1. The third kappa shape index (κ3) is 1.71. The number of fused-ring (bicyclic) bond motifs is 1. The predicted molar refractivity (Wildman–Crippen MR) is 55.2 cm³/mol. The zero-order valence-corrected chi connectivity index (χ0v) is 8.99. The van der Waals surface area contributed by atoms with Crippen LogP contribution in [0.15, 0.2) is 0 Å². The molecule has 14 heavy (non-hydrogen) atoms. The molecule has 0 aromatic carbocycles. The van der Waals surface area contributed by atoms with E-state index in [2.05, 4.69) is 10.2 Å². The van der Waals surface area contributed by atoms with Gasteiger partial charge in [0.25, 0.3) is 0 Å². The highest BCUT2D eigenvalue weighted by atomic mass is 16.2. The summed E-state index contributed by atoms with van der Waals surface area (Å²) in [6.07, 6.45) is 3.65. The smallest absolute Gasteiger partial charge is 0.317 e. The van der Waals surface area contributed by atoms with E-state index in [-0.39, 0.29) is 6.03 Å². The average Bonchev–Trinajstić information content (AvgIpc) is 2.69. The molecule has 0 aromatic heterocycles. The molecule has 2 heterocycles. The quantitative estimate of drug-likeness (QED) is 0.664. The molecule has 1 N–H and O–H groups in total. The van der Waals surface area contributed by atoms with Gasteiger partial charge in [0.05, 0.1) is 0 Å². The second-order valence-corrected chi connectivity index (χ2v) is 4.48. The largest absolute Gasteiger partial charge is 0.334 e. The predicted octanol–water partition coefficient (Wildman–Crippen LogP) is 0.494. The molecule has 0 spiro atoms. The number of nitrogens with zero attached hydrogens (tertiary/aromatic N) is 2. The van der Waals surface area contributed by atoms with Crippen LogP contribution < -0.4 is 5.32 Å². The van der Waals surface area contributed by atoms with Gasteiger partial charge in [-0.1, -0.05) is 0 Å². The molecule has 0 aliphatic carbocycles. The van der Waals surface area contributed by atoms with Crippen LogP contribution in [0, 0.1) is 0 Å². The minimum atomic E-state index is 0.0451. The Labute approximate surface area is 85.2 Å². The highest BCUT2D eigenvalue weighted by molar-refractivity contribution is 5.74. The van der Waals surface area contributed by atoms with Crippen LogP contribution in [-0.4, -0.2) is 55.1 Å². The molecule has 0 saturated carbocycles. The first kappa shape index (κ1) is 9.77. The Morgan fingerprint density at radius 3 is 2.86 bits per heavy atom. The van der Waals surface area contributed by atoms with Crippen molar-refractivity contribution in [1.82, 2.24) is 15.1 Å². The molecule has 2 aliphatic heterocycles. The van der Waals surface area contributed by atoms with E-state index >= 15 is 0 Å². The zero-order valence-electron chi connectivity index (χ0n) is 8.99. The van der Waals surface area contributed by atoms with Crippen LogP contribution in [0.25, 0.3) is 0 Å². The molecule has 4 nitrogen and oxygen atoms in total. The summed E-state index contributed by atoms with van der Waals surface area (Å²) in [6, 6.07) is 1.04. The maximum atomic E-state index is 11.5. The van der Waals surface area contributed by atoms with Crippen LogP contribution in [0.5, 0.6) is 0 Å². The Morgan fingerprint density at radius 1 is 1.36 bits per heavy atom. The van der Waals surface area contributed by atoms with Crippen molar-refractivity contribution in [3.8, 4) is 0 Å². The molecule has 2 fully saturated rings. The highest BCUT2D eigenvalue weighted by Gasteiger charge is 2.37. The number of nitrogens with one attached hydrogen (secondary N) is 1. The van der Waals surface area contributed by atoms with Gasteiger partial charge in [-0.15, -0.1) is 0 Å². The lowest BCUT2D eigenvalue weighted by atomic mass is 10.1. The SMILES string of the molecule is CN(C)C(=O)NC1CCN2CCCC12. The van der Waals surface area contributed by atoms with Gasteiger partial charge in [0.15, 0.2) is 0 Å². The number of urea groups is 1. The second-order valence-electron chi connectivity index (χ2n) is 4.48. The van der Waals surface area contributed by atoms with Crippen LogP contribution >= 0.6 is 0 Å². The molecule has 2 rings (SSSR count). The van der Waals surface area contributed by atoms with Crippen molar-refractivity contribution in [2.75, 3.05) is 27.2 Å². The van der Waals surface area contributed by atoms with E-state index in [4.69, 9.17) is 0 Å². The van der Waals surface area contributed by atoms with E-state index in [9.17, 15) is 4.79 Å². The first-order chi connectivity index (χ1) is 6.68. The summed E-state index contributed by atoms with van der Waals surface area (Å²) in [6.45, 7) is 2.38. The van der Waals surface area contributed by atoms with Crippen molar-refractivity contribution < 1.29 is 4.79 Å². The van der Waals surface area contributed by atoms with Crippen LogP contribution in [0.3, 0.4) is 0 Å². The van der Waals surface area contributed by atoms with Gasteiger partial charge in [-0.3, -0.25) is 4.90 Å². The number of carbonyl (C=O) groups is 1. The summed E-state index contributed by atoms with van der Waals surface area (Å²) < 4.78 is 0. The maximum Gasteiger partial charge on any atom is 0.317 e. The minimum absolute atomic E-state index is 0.0451. The van der Waals surface area contributed by atoms with Crippen LogP contribution in [0.4, 0.5) is 4.79 Å². The molecule has 2 aliphatic rings. The number of amides is 2. The van der Waals surface area contributed by atoms with Gasteiger partial charge in [0, 0.05) is 32.7 Å². The third-order valence-electron chi connectivity index (χ3n) is 3.32. The number of rotatable bonds is 1. The van der Waals surface area contributed by atoms with E-state index < -0.39 is 0 Å². The van der Waals surface area contributed by atoms with E-state index in [0.29, 0.717) is 12.1 Å². The fraction of sp³-hybridized carbons (Fsp3) is 0.900. The van der Waals surface area contributed by atoms with Gasteiger partial charge in [-0.2, -0.15) is 0 Å². The second kappa shape index (κ2) is 3.77. The summed E-state index contributed by atoms with van der Waals surface area (Å²) in [4.78, 5) is 15.6. The van der Waals surface area contributed by atoms with Gasteiger partial charge in [-0.05, 0) is 25.8 Å². The molecule has 2 amide bonds. The normalized spacial score (nSPS) is 31.6. The minimum Gasteiger partial charge on any atom is -0.334 e. The molecule has 0 bridgehead atoms. The molecular weight excluding hydrogens is 178 g/mol. The first-order valence-electron chi connectivity index (χ1n) is 5.40. The Morgan fingerprint density at radius 2 is 2.14 bits per heavy atom. The lowest BCUT2D eigenvalue weighted by Crippen LogP contribution is -2.46. The van der Waals surface area contributed by atoms with Crippen molar-refractivity contribution >= 4 is 6.03 Å². The fourth-order valence-corrected chi connectivity index (χ4v) is 2.54. The molecular formula is C10H19N3O. The Hall–Kier alpha value is -0.770. The highest BCUT2D eigenvalue weighted by Crippen LogP contribution is 2.27. The van der Waals surface area contributed by atoms with Gasteiger partial charge in [0.2, 0.25) is 0 Å². The fourth-order valence-electron chi connectivity index (χ4n) is 2.54. The third-order valence-corrected chi connectivity index (χ3v) is 3.32. The monoisotopic (exact) mass is 197 g/mol. The Bertz CT molecular complexity index is 229. The average molecular weight is 197 g/mol. The molecule has 2 saturated heterocycles. The summed E-state index contributed by atoms with van der Waals surface area (Å²) >= 11 is 0. The lowest BCUT2D eigenvalue weighted by molar-refractivity contribution is 0.208. The van der Waals surface area contributed by atoms with Crippen LogP contribution in [-0.2, 0) is 0 Å². The van der Waals surface area contributed by atoms with E-state index in [1.54, 1.807) is 19.0 Å². The number of carbonyl (C=O) groups excluding carboxylic acids is 1. The Kier molecular flexibility index (Phi) is 2.63. The van der Waals surface area contributed by atoms with Gasteiger partial charge >= 0.3 is 6.03 Å². The van der Waals surface area contributed by atoms with Crippen molar-refractivity contribution in [2.45, 2.75) is 31.3 Å². The first-order valence-corrected chi connectivity index (χ1v) is 5.40. The summed E-state index contributed by atoms with van der Waals surface area (Å²) in [5.41, 5.74) is 0.